The topological polar surface area (TPSA) is 69.5 Å². The Labute approximate surface area is 171 Å². The fourth-order valence-electron chi connectivity index (χ4n) is 2.93. The van der Waals surface area contributed by atoms with Crippen LogP contribution in [0.25, 0.3) is 10.2 Å². The molecule has 0 atom stereocenters. The van der Waals surface area contributed by atoms with Crippen LogP contribution >= 0.6 is 22.9 Å². The molecule has 0 unspecified atom stereocenters. The van der Waals surface area contributed by atoms with Crippen molar-refractivity contribution in [2.24, 2.45) is 0 Å². The van der Waals surface area contributed by atoms with Crippen molar-refractivity contribution in [2.75, 3.05) is 24.7 Å². The Hall–Kier alpha value is -2.58. The first kappa shape index (κ1) is 18.8. The summed E-state index contributed by atoms with van der Waals surface area (Å²) in [5.41, 5.74) is 1.83. The smallest absolute Gasteiger partial charge is 0.298 e. The Balaban J connectivity index is 1.63. The molecule has 0 bridgehead atoms. The molecule has 1 aliphatic rings. The molecule has 2 aromatic heterocycles. The van der Waals surface area contributed by atoms with Crippen molar-refractivity contribution in [2.45, 2.75) is 19.9 Å². The number of carbonyl (C=O) groups excluding carboxylic acids is 1. The number of imidazole rings is 1. The fourth-order valence-corrected chi connectivity index (χ4v) is 4.28. The van der Waals surface area contributed by atoms with Gasteiger partial charge in [0.15, 0.2) is 5.13 Å². The highest BCUT2D eigenvalue weighted by Gasteiger charge is 2.26. The van der Waals surface area contributed by atoms with Crippen LogP contribution in [0.2, 0.25) is 5.02 Å². The van der Waals surface area contributed by atoms with Gasteiger partial charge >= 0.3 is 0 Å². The Morgan fingerprint density at radius 2 is 2.29 bits per heavy atom. The molecule has 0 saturated heterocycles. The highest BCUT2D eigenvalue weighted by atomic mass is 35.5. The quantitative estimate of drug-likeness (QED) is 0.609. The number of fused-ring (bicyclic) bond motifs is 1. The third-order valence-corrected chi connectivity index (χ3v) is 5.92. The molecule has 0 aliphatic carbocycles. The van der Waals surface area contributed by atoms with Crippen LogP contribution in [-0.2, 0) is 20.8 Å². The van der Waals surface area contributed by atoms with E-state index in [2.05, 4.69) is 4.98 Å². The third-order valence-electron chi connectivity index (χ3n) is 4.38. The van der Waals surface area contributed by atoms with E-state index in [0.29, 0.717) is 29.9 Å². The van der Waals surface area contributed by atoms with E-state index in [1.165, 1.54) is 17.6 Å². The highest BCUT2D eigenvalue weighted by Crippen LogP contribution is 2.36. The number of carbonyl (C=O) groups is 1. The summed E-state index contributed by atoms with van der Waals surface area (Å²) in [4.78, 5) is 23.5. The molecule has 9 heteroatoms. The Morgan fingerprint density at radius 3 is 3.00 bits per heavy atom. The van der Waals surface area contributed by atoms with E-state index in [1.807, 2.05) is 29.8 Å². The molecule has 0 radical (unpaired) electrons. The summed E-state index contributed by atoms with van der Waals surface area (Å²) in [6, 6.07) is 3.78. The zero-order valence-electron chi connectivity index (χ0n) is 15.3. The van der Waals surface area contributed by atoms with Gasteiger partial charge in [-0.3, -0.25) is 9.69 Å². The van der Waals surface area contributed by atoms with E-state index in [4.69, 9.17) is 26.1 Å². The number of hydrogen-bond acceptors (Lipinski definition) is 6. The molecule has 1 aromatic carbocycles. The van der Waals surface area contributed by atoms with Gasteiger partial charge in [-0.1, -0.05) is 29.0 Å². The van der Waals surface area contributed by atoms with Gasteiger partial charge in [0, 0.05) is 25.5 Å². The van der Waals surface area contributed by atoms with Crippen LogP contribution in [0.5, 0.6) is 0 Å². The zero-order chi connectivity index (χ0) is 19.5. The molecule has 4 rings (SSSR count). The van der Waals surface area contributed by atoms with Gasteiger partial charge < -0.3 is 14.0 Å². The largest absolute Gasteiger partial charge is 0.494 e. The SMILES string of the molecule is Cc1ccc(Cl)c2sc(N(CCCn3ccnc3)C(=O)C3=COCCO3)nc12. The lowest BCUT2D eigenvalue weighted by Gasteiger charge is -2.23. The molecule has 0 saturated carbocycles. The molecule has 7 nitrogen and oxygen atoms in total. The Morgan fingerprint density at radius 1 is 1.39 bits per heavy atom. The second-order valence-corrected chi connectivity index (χ2v) is 7.74. The van der Waals surface area contributed by atoms with Crippen LogP contribution in [0.4, 0.5) is 5.13 Å². The summed E-state index contributed by atoms with van der Waals surface area (Å²) in [6.45, 7) is 3.99. The van der Waals surface area contributed by atoms with Crippen molar-refractivity contribution in [3.8, 4) is 0 Å². The molecule has 3 aromatic rings. The summed E-state index contributed by atoms with van der Waals surface area (Å²) in [5.74, 6) is -0.0749. The molecular weight excluding hydrogens is 400 g/mol. The number of nitrogens with zero attached hydrogens (tertiary/aromatic N) is 4. The van der Waals surface area contributed by atoms with Crippen molar-refractivity contribution in [3.63, 3.8) is 0 Å². The minimum atomic E-state index is -0.266. The van der Waals surface area contributed by atoms with Crippen LogP contribution < -0.4 is 4.90 Å². The molecule has 0 spiro atoms. The Kier molecular flexibility index (Phi) is 5.50. The number of benzene rings is 1. The first-order chi connectivity index (χ1) is 13.6. The average Bonchev–Trinajstić information content (AvgIpc) is 3.39. The molecule has 0 N–H and O–H groups in total. The van der Waals surface area contributed by atoms with Crippen LogP contribution in [0, 0.1) is 6.92 Å². The fraction of sp³-hybridized carbons (Fsp3) is 0.316. The summed E-state index contributed by atoms with van der Waals surface area (Å²) >= 11 is 7.75. The Bertz CT molecular complexity index is 977. The van der Waals surface area contributed by atoms with Gasteiger partial charge in [0.25, 0.3) is 5.91 Å². The van der Waals surface area contributed by atoms with Gasteiger partial charge in [0.2, 0.25) is 5.76 Å². The number of aromatic nitrogens is 3. The van der Waals surface area contributed by atoms with Gasteiger partial charge in [0.05, 0.1) is 21.6 Å². The number of thiazole rings is 1. The number of aryl methyl sites for hydroxylation is 2. The van der Waals surface area contributed by atoms with Crippen LogP contribution in [0.15, 0.2) is 42.9 Å². The maximum absolute atomic E-state index is 13.1. The molecule has 1 aliphatic heterocycles. The van der Waals surface area contributed by atoms with Gasteiger partial charge in [-0.2, -0.15) is 0 Å². The summed E-state index contributed by atoms with van der Waals surface area (Å²) in [7, 11) is 0. The first-order valence-electron chi connectivity index (χ1n) is 8.91. The summed E-state index contributed by atoms with van der Waals surface area (Å²) in [5, 5.41) is 1.23. The number of anilines is 1. The highest BCUT2D eigenvalue weighted by molar-refractivity contribution is 7.23. The molecular formula is C19H19ClN4O3S. The zero-order valence-corrected chi connectivity index (χ0v) is 16.9. The second-order valence-electron chi connectivity index (χ2n) is 6.35. The van der Waals surface area contributed by atoms with Crippen molar-refractivity contribution in [1.29, 1.82) is 0 Å². The number of ether oxygens (including phenoxy) is 2. The molecule has 1 amide bonds. The van der Waals surface area contributed by atoms with Gasteiger partial charge in [-0.15, -0.1) is 0 Å². The average molecular weight is 419 g/mol. The van der Waals surface area contributed by atoms with Gasteiger partial charge in [0.1, 0.15) is 19.5 Å². The number of rotatable bonds is 6. The van der Waals surface area contributed by atoms with E-state index < -0.39 is 0 Å². The normalized spacial score (nSPS) is 13.7. The van der Waals surface area contributed by atoms with Crippen LogP contribution in [0.3, 0.4) is 0 Å². The monoisotopic (exact) mass is 418 g/mol. The maximum Gasteiger partial charge on any atom is 0.298 e. The number of halogens is 1. The number of amides is 1. The molecule has 3 heterocycles. The van der Waals surface area contributed by atoms with E-state index in [0.717, 1.165) is 28.7 Å². The molecule has 0 fully saturated rings. The van der Waals surface area contributed by atoms with E-state index in [9.17, 15) is 4.79 Å². The van der Waals surface area contributed by atoms with Gasteiger partial charge in [-0.25, -0.2) is 9.97 Å². The number of hydrogen-bond donors (Lipinski definition) is 0. The molecule has 28 heavy (non-hydrogen) atoms. The van der Waals surface area contributed by atoms with Crippen molar-refractivity contribution in [3.05, 3.63) is 53.5 Å². The first-order valence-corrected chi connectivity index (χ1v) is 10.1. The maximum atomic E-state index is 13.1. The minimum Gasteiger partial charge on any atom is -0.494 e. The van der Waals surface area contributed by atoms with E-state index in [-0.39, 0.29) is 11.7 Å². The predicted molar refractivity (Wildman–Crippen MR) is 109 cm³/mol. The standard InChI is InChI=1S/C19H19ClN4O3S/c1-13-3-4-14(20)17-16(13)22-19(28-17)24(7-2-6-23-8-5-21-12-23)18(25)15-11-26-9-10-27-15/h3-5,8,11-12H,2,6-7,9-10H2,1H3. The summed E-state index contributed by atoms with van der Waals surface area (Å²) < 4.78 is 13.6. The second kappa shape index (κ2) is 8.20. The van der Waals surface area contributed by atoms with E-state index >= 15 is 0 Å². The van der Waals surface area contributed by atoms with Crippen molar-refractivity contribution < 1.29 is 14.3 Å². The van der Waals surface area contributed by atoms with Gasteiger partial charge in [-0.05, 0) is 25.0 Å². The van der Waals surface area contributed by atoms with Crippen LogP contribution in [-0.4, -0.2) is 40.2 Å². The third kappa shape index (κ3) is 3.83. The van der Waals surface area contributed by atoms with Crippen molar-refractivity contribution >= 4 is 44.2 Å². The van der Waals surface area contributed by atoms with Crippen molar-refractivity contribution in [1.82, 2.24) is 14.5 Å². The predicted octanol–water partition coefficient (Wildman–Crippen LogP) is 3.77. The van der Waals surface area contributed by atoms with E-state index in [1.54, 1.807) is 17.4 Å². The summed E-state index contributed by atoms with van der Waals surface area (Å²) in [6.07, 6.45) is 7.50. The molecule has 146 valence electrons. The lowest BCUT2D eigenvalue weighted by atomic mass is 10.2. The lowest BCUT2D eigenvalue weighted by molar-refractivity contribution is -0.119. The lowest BCUT2D eigenvalue weighted by Crippen LogP contribution is -2.35. The van der Waals surface area contributed by atoms with Crippen LogP contribution in [0.1, 0.15) is 12.0 Å². The minimum absolute atomic E-state index is 0.191.